The van der Waals surface area contributed by atoms with Crippen molar-refractivity contribution >= 4 is 28.9 Å². The summed E-state index contributed by atoms with van der Waals surface area (Å²) in [6.45, 7) is 2.41. The van der Waals surface area contributed by atoms with Crippen molar-refractivity contribution in [3.8, 4) is 0 Å². The number of carbonyl (C=O) groups is 2. The molecule has 37 heavy (non-hydrogen) atoms. The van der Waals surface area contributed by atoms with Gasteiger partial charge in [-0.15, -0.1) is 0 Å². The van der Waals surface area contributed by atoms with Crippen molar-refractivity contribution in [1.29, 1.82) is 0 Å². The number of benzene rings is 2. The zero-order valence-electron chi connectivity index (χ0n) is 20.6. The van der Waals surface area contributed by atoms with Crippen molar-refractivity contribution in [1.82, 2.24) is 14.8 Å². The Morgan fingerprint density at radius 2 is 1.70 bits per heavy atom. The summed E-state index contributed by atoms with van der Waals surface area (Å²) in [6, 6.07) is 11.2. The third-order valence-corrected chi connectivity index (χ3v) is 7.90. The first-order chi connectivity index (χ1) is 17.9. The fourth-order valence-corrected chi connectivity index (χ4v) is 5.90. The Kier molecular flexibility index (Phi) is 7.37. The summed E-state index contributed by atoms with van der Waals surface area (Å²) in [7, 11) is 0. The average Bonchev–Trinajstić information content (AvgIpc) is 3.34. The highest BCUT2D eigenvalue weighted by molar-refractivity contribution is 5.91. The first-order valence-corrected chi connectivity index (χ1v) is 12.9. The molecule has 1 unspecified atom stereocenters. The van der Waals surface area contributed by atoms with Crippen LogP contribution in [0.5, 0.6) is 0 Å². The van der Waals surface area contributed by atoms with Crippen LogP contribution < -0.4 is 0 Å². The largest absolute Gasteiger partial charge is 0.480 e. The summed E-state index contributed by atoms with van der Waals surface area (Å²) < 4.78 is 26.5. The van der Waals surface area contributed by atoms with E-state index in [4.69, 9.17) is 0 Å². The van der Waals surface area contributed by atoms with Crippen LogP contribution in [0.4, 0.5) is 8.78 Å². The van der Waals surface area contributed by atoms with Crippen molar-refractivity contribution in [3.05, 3.63) is 77.5 Å². The van der Waals surface area contributed by atoms with Crippen LogP contribution in [-0.2, 0) is 9.59 Å². The van der Waals surface area contributed by atoms with Crippen LogP contribution in [0.15, 0.2) is 54.7 Å². The molecule has 2 aliphatic rings. The predicted molar refractivity (Wildman–Crippen MR) is 138 cm³/mol. The number of carbonyl (C=O) groups excluding carboxylic acids is 1. The minimum Gasteiger partial charge on any atom is -0.480 e. The van der Waals surface area contributed by atoms with E-state index in [0.717, 1.165) is 43.6 Å². The summed E-state index contributed by atoms with van der Waals surface area (Å²) in [5.41, 5.74) is 2.85. The monoisotopic (exact) mass is 507 g/mol. The Labute approximate surface area is 214 Å². The van der Waals surface area contributed by atoms with E-state index < -0.39 is 23.6 Å². The minimum absolute atomic E-state index is 0.0265. The van der Waals surface area contributed by atoms with Crippen LogP contribution in [0.2, 0.25) is 0 Å². The van der Waals surface area contributed by atoms with Gasteiger partial charge in [0.05, 0.1) is 0 Å². The number of nitrogens with one attached hydrogen (secondary N) is 1. The number of para-hydroxylation sites is 1. The van der Waals surface area contributed by atoms with Gasteiger partial charge >= 0.3 is 5.97 Å². The van der Waals surface area contributed by atoms with Gasteiger partial charge in [0, 0.05) is 36.3 Å². The molecule has 3 heterocycles. The van der Waals surface area contributed by atoms with Crippen molar-refractivity contribution in [2.24, 2.45) is 5.92 Å². The predicted octanol–water partition coefficient (Wildman–Crippen LogP) is 5.03. The molecule has 2 fully saturated rings. The summed E-state index contributed by atoms with van der Waals surface area (Å²) >= 11 is 0. The van der Waals surface area contributed by atoms with Gasteiger partial charge in [-0.1, -0.05) is 24.3 Å². The molecule has 2 N–H and O–H groups in total. The van der Waals surface area contributed by atoms with Gasteiger partial charge < -0.3 is 15.0 Å². The molecule has 3 aromatic rings. The number of piperidine rings is 2. The van der Waals surface area contributed by atoms with Crippen molar-refractivity contribution in [2.75, 3.05) is 26.2 Å². The van der Waals surface area contributed by atoms with E-state index in [9.17, 15) is 23.5 Å². The molecule has 0 saturated carbocycles. The lowest BCUT2D eigenvalue weighted by atomic mass is 9.84. The Balaban J connectivity index is 1.16. The van der Waals surface area contributed by atoms with Gasteiger partial charge in [-0.25, -0.2) is 8.78 Å². The molecule has 5 rings (SSSR count). The molecule has 0 aliphatic carbocycles. The fourth-order valence-electron chi connectivity index (χ4n) is 5.90. The number of aromatic amines is 1. The number of H-pyrrole nitrogens is 1. The Bertz CT molecular complexity index is 1300. The van der Waals surface area contributed by atoms with Gasteiger partial charge in [0.25, 0.3) is 0 Å². The number of hydrogen-bond donors (Lipinski definition) is 2. The maximum Gasteiger partial charge on any atom is 0.321 e. The Hall–Kier alpha value is -3.52. The number of likely N-dealkylation sites (tertiary alicyclic amines) is 2. The highest BCUT2D eigenvalue weighted by Gasteiger charge is 2.38. The average molecular weight is 508 g/mol. The molecule has 2 aliphatic heterocycles. The number of amides is 1. The number of fused-ring (bicyclic) bond motifs is 1. The number of rotatable bonds is 6. The van der Waals surface area contributed by atoms with Crippen LogP contribution in [0.25, 0.3) is 17.0 Å². The smallest absolute Gasteiger partial charge is 0.321 e. The normalized spacial score (nSPS) is 19.0. The second-order valence-electron chi connectivity index (χ2n) is 10.1. The molecule has 0 radical (unpaired) electrons. The van der Waals surface area contributed by atoms with Crippen LogP contribution >= 0.6 is 0 Å². The van der Waals surface area contributed by atoms with Crippen LogP contribution in [0.1, 0.15) is 42.7 Å². The third-order valence-electron chi connectivity index (χ3n) is 7.90. The van der Waals surface area contributed by atoms with Crippen molar-refractivity contribution in [3.63, 3.8) is 0 Å². The second kappa shape index (κ2) is 10.8. The summed E-state index contributed by atoms with van der Waals surface area (Å²) in [5.74, 6) is -2.52. The van der Waals surface area contributed by atoms with E-state index in [-0.39, 0.29) is 11.8 Å². The molecule has 194 valence electrons. The lowest BCUT2D eigenvalue weighted by Gasteiger charge is -2.41. The van der Waals surface area contributed by atoms with E-state index in [1.165, 1.54) is 29.2 Å². The van der Waals surface area contributed by atoms with Gasteiger partial charge in [0.15, 0.2) is 11.6 Å². The van der Waals surface area contributed by atoms with Gasteiger partial charge in [0.1, 0.15) is 6.04 Å². The van der Waals surface area contributed by atoms with Crippen molar-refractivity contribution in [2.45, 2.75) is 37.6 Å². The summed E-state index contributed by atoms with van der Waals surface area (Å²) in [6.07, 6.45) is 7.98. The fraction of sp³-hybridized carbons (Fsp3) is 0.379. The summed E-state index contributed by atoms with van der Waals surface area (Å²) in [5, 5.41) is 11.3. The molecule has 0 spiro atoms. The number of carboxylic acids is 1. The zero-order valence-corrected chi connectivity index (χ0v) is 20.6. The van der Waals surface area contributed by atoms with Gasteiger partial charge in [-0.3, -0.25) is 14.5 Å². The molecule has 2 aromatic carbocycles. The minimum atomic E-state index is -0.958. The molecule has 1 aromatic heterocycles. The number of aliphatic carboxylic acids is 1. The van der Waals surface area contributed by atoms with E-state index >= 15 is 0 Å². The van der Waals surface area contributed by atoms with Crippen LogP contribution in [-0.4, -0.2) is 64.0 Å². The number of carboxylic acid groups (broad SMARTS) is 1. The van der Waals surface area contributed by atoms with Crippen LogP contribution in [0.3, 0.4) is 0 Å². The Morgan fingerprint density at radius 3 is 2.41 bits per heavy atom. The summed E-state index contributed by atoms with van der Waals surface area (Å²) in [4.78, 5) is 32.1. The molecular weight excluding hydrogens is 476 g/mol. The molecule has 1 atom stereocenters. The molecular formula is C29H31F2N3O3. The van der Waals surface area contributed by atoms with Gasteiger partial charge in [0.2, 0.25) is 5.91 Å². The highest BCUT2D eigenvalue weighted by atomic mass is 19.2. The number of aromatic nitrogens is 1. The number of hydrogen-bond acceptors (Lipinski definition) is 3. The lowest BCUT2D eigenvalue weighted by Crippen LogP contribution is -2.52. The zero-order chi connectivity index (χ0) is 25.9. The van der Waals surface area contributed by atoms with Gasteiger partial charge in [-0.2, -0.15) is 0 Å². The van der Waals surface area contributed by atoms with E-state index in [1.807, 2.05) is 12.1 Å². The standard InChI is InChI=1S/C29H31F2N3O3/c30-24-7-5-19(17-25(24)31)6-8-27(35)33-13-11-21(12-14-33)28(29(36)37)34-15-9-20(10-16-34)23-18-32-26-4-2-1-3-22(23)26/h1-8,17-18,20-21,28,32H,9-16H2,(H,36,37). The van der Waals surface area contributed by atoms with Gasteiger partial charge in [-0.05, 0) is 86.0 Å². The first kappa shape index (κ1) is 25.1. The number of nitrogens with zero attached hydrogens (tertiary/aromatic N) is 2. The van der Waals surface area contributed by atoms with E-state index in [1.54, 1.807) is 4.90 Å². The molecule has 0 bridgehead atoms. The second-order valence-corrected chi connectivity index (χ2v) is 10.1. The van der Waals surface area contributed by atoms with E-state index in [0.29, 0.717) is 37.4 Å². The number of halogens is 2. The third kappa shape index (κ3) is 5.44. The van der Waals surface area contributed by atoms with Crippen molar-refractivity contribution < 1.29 is 23.5 Å². The molecule has 6 nitrogen and oxygen atoms in total. The molecule has 1 amide bonds. The molecule has 2 saturated heterocycles. The maximum absolute atomic E-state index is 13.4. The molecule has 8 heteroatoms. The maximum atomic E-state index is 13.4. The van der Waals surface area contributed by atoms with E-state index in [2.05, 4.69) is 28.2 Å². The van der Waals surface area contributed by atoms with Crippen LogP contribution in [0, 0.1) is 17.6 Å². The SMILES string of the molecule is O=C(O)C(C1CCN(C(=O)C=Cc2ccc(F)c(F)c2)CC1)N1CCC(c2c[nH]c3ccccc23)CC1. The quantitative estimate of drug-likeness (QED) is 0.459. The Morgan fingerprint density at radius 1 is 0.973 bits per heavy atom. The lowest BCUT2D eigenvalue weighted by molar-refractivity contribution is -0.147. The topological polar surface area (TPSA) is 76.6 Å². The first-order valence-electron chi connectivity index (χ1n) is 12.9. The highest BCUT2D eigenvalue weighted by Crippen LogP contribution is 2.35.